The predicted octanol–water partition coefficient (Wildman–Crippen LogP) is 16.9. The Balaban J connectivity index is 1.27. The van der Waals surface area contributed by atoms with Gasteiger partial charge in [-0.15, -0.1) is 0 Å². The summed E-state index contributed by atoms with van der Waals surface area (Å²) in [5.74, 6) is 0. The van der Waals surface area contributed by atoms with E-state index in [0.29, 0.717) is 0 Å². The van der Waals surface area contributed by atoms with Crippen LogP contribution >= 0.6 is 0 Å². The summed E-state index contributed by atoms with van der Waals surface area (Å²) in [4.78, 5) is 7.62. The van der Waals surface area contributed by atoms with Gasteiger partial charge in [-0.25, -0.2) is 0 Å². The second-order valence-electron chi connectivity index (χ2n) is 24.2. The summed E-state index contributed by atoms with van der Waals surface area (Å²) in [5, 5.41) is 1.12. The topological polar surface area (TPSA) is 22.9 Å². The molecule has 0 amide bonds. The zero-order valence-electron chi connectivity index (χ0n) is 44.0. The summed E-state index contributed by atoms with van der Waals surface area (Å²) in [5.41, 5.74) is 23.5. The van der Waals surface area contributed by atoms with Gasteiger partial charge < -0.3 is 19.1 Å². The summed E-state index contributed by atoms with van der Waals surface area (Å²) in [6.45, 7) is 25.7. The molecule has 1 aliphatic carbocycles. The number of fused-ring (bicyclic) bond motifs is 7. The number of hydrogen-bond acceptors (Lipinski definition) is 4. The molecule has 8 aromatic carbocycles. The van der Waals surface area contributed by atoms with Crippen molar-refractivity contribution in [3.05, 3.63) is 204 Å². The largest absolute Gasteiger partial charge is 0.468 e. The molecule has 2 aliphatic heterocycles. The molecule has 72 heavy (non-hydrogen) atoms. The molecule has 0 bridgehead atoms. The Morgan fingerprint density at radius 2 is 1.07 bits per heavy atom. The van der Waals surface area contributed by atoms with Crippen molar-refractivity contribution < 1.29 is 4.42 Å². The molecule has 3 aliphatic rings. The van der Waals surface area contributed by atoms with Gasteiger partial charge in [0.15, 0.2) is 0 Å². The van der Waals surface area contributed by atoms with Gasteiger partial charge in [0.25, 0.3) is 6.71 Å². The Bertz CT molecular complexity index is 3520. The van der Waals surface area contributed by atoms with E-state index in [2.05, 4.69) is 267 Å². The Labute approximate surface area is 428 Å². The van der Waals surface area contributed by atoms with Crippen molar-refractivity contribution in [3.8, 4) is 11.1 Å². The molecule has 3 heterocycles. The van der Waals surface area contributed by atoms with Gasteiger partial charge in [-0.05, 0) is 159 Å². The highest BCUT2D eigenvalue weighted by molar-refractivity contribution is 7.00. The van der Waals surface area contributed by atoms with Crippen LogP contribution in [0.2, 0.25) is 0 Å². The van der Waals surface area contributed by atoms with Crippen molar-refractivity contribution in [2.45, 2.75) is 111 Å². The van der Waals surface area contributed by atoms with Crippen LogP contribution in [-0.4, -0.2) is 6.71 Å². The first-order chi connectivity index (χ1) is 34.4. The number of aryl methyl sites for hydroxylation is 1. The fourth-order valence-electron chi connectivity index (χ4n) is 12.1. The van der Waals surface area contributed by atoms with E-state index in [-0.39, 0.29) is 28.4 Å². The molecule has 0 saturated carbocycles. The lowest BCUT2D eigenvalue weighted by molar-refractivity contribution is 0.332. The van der Waals surface area contributed by atoms with Crippen molar-refractivity contribution in [1.82, 2.24) is 0 Å². The molecule has 358 valence electrons. The van der Waals surface area contributed by atoms with Gasteiger partial charge in [-0.2, -0.15) is 0 Å². The first-order valence-corrected chi connectivity index (χ1v) is 26.1. The van der Waals surface area contributed by atoms with E-state index in [0.717, 1.165) is 75.0 Å². The van der Waals surface area contributed by atoms with Crippen LogP contribution in [-0.2, 0) is 21.7 Å². The quantitative estimate of drug-likeness (QED) is 0.155. The zero-order chi connectivity index (χ0) is 50.1. The van der Waals surface area contributed by atoms with E-state index in [1.165, 1.54) is 55.6 Å². The van der Waals surface area contributed by atoms with Crippen LogP contribution in [0.4, 0.5) is 51.2 Å². The van der Waals surface area contributed by atoms with Gasteiger partial charge in [0.2, 0.25) is 0 Å². The van der Waals surface area contributed by atoms with E-state index in [1.54, 1.807) is 0 Å². The SMILES string of the molecule is Cc1ccc2oc3c(c2c1)N(c1ccc(C(C)(C)C)cc1-c1ccccc1)c1cc(N(c2ccccc2)c2ccccc2)cc2c1B3c1cc3c(cc1N2c1ccc(C(C)(C)C)cc1)C(C)(C)CCC3(C)C. The fourth-order valence-corrected chi connectivity index (χ4v) is 12.1. The highest BCUT2D eigenvalue weighted by atomic mass is 16.3. The van der Waals surface area contributed by atoms with Crippen LogP contribution in [0.3, 0.4) is 0 Å². The maximum atomic E-state index is 7.50. The zero-order valence-corrected chi connectivity index (χ0v) is 44.0. The molecule has 0 saturated heterocycles. The van der Waals surface area contributed by atoms with E-state index in [1.807, 2.05) is 0 Å². The van der Waals surface area contributed by atoms with E-state index >= 15 is 0 Å². The molecule has 9 aromatic rings. The van der Waals surface area contributed by atoms with E-state index in [4.69, 9.17) is 4.42 Å². The second kappa shape index (κ2) is 16.4. The predicted molar refractivity (Wildman–Crippen MR) is 308 cm³/mol. The first kappa shape index (κ1) is 45.9. The van der Waals surface area contributed by atoms with Crippen LogP contribution in [0, 0.1) is 6.92 Å². The molecule has 0 fully saturated rings. The molecule has 0 unspecified atom stereocenters. The molecule has 0 N–H and O–H groups in total. The summed E-state index contributed by atoms with van der Waals surface area (Å²) in [7, 11) is 0. The van der Waals surface area contributed by atoms with Gasteiger partial charge in [-0.3, -0.25) is 0 Å². The van der Waals surface area contributed by atoms with Crippen LogP contribution < -0.4 is 31.3 Å². The summed E-state index contributed by atoms with van der Waals surface area (Å²) in [6.07, 6.45) is 2.26. The van der Waals surface area contributed by atoms with Crippen LogP contribution in [0.1, 0.15) is 110 Å². The standard InChI is InChI=1S/C67H66BN3O/c1-43-27-34-60-52(37-43)62-63(72-60)68-55-41-53-54(67(10,11)36-35-66(53,8)9)42-57(55)70(49-31-28-45(29-32-49)64(2,3)4)58-39-50(69(47-23-17-13-18-24-47)48-25-19-14-20-26-48)40-59(61(58)68)71(62)56-33-30-46(65(5,6)7)38-51(56)44-21-15-12-16-22-44/h12-34,37-42H,35-36H2,1-11H3. The minimum atomic E-state index is -0.204. The molecule has 0 radical (unpaired) electrons. The van der Waals surface area contributed by atoms with Gasteiger partial charge in [0.1, 0.15) is 5.58 Å². The number of para-hydroxylation sites is 2. The Kier molecular flexibility index (Phi) is 10.4. The number of nitrogens with zero attached hydrogens (tertiary/aromatic N) is 3. The van der Waals surface area contributed by atoms with Gasteiger partial charge in [0, 0.05) is 45.1 Å². The van der Waals surface area contributed by atoms with Crippen LogP contribution in [0.15, 0.2) is 180 Å². The number of rotatable bonds is 6. The van der Waals surface area contributed by atoms with Gasteiger partial charge in [0.05, 0.1) is 22.7 Å². The lowest BCUT2D eigenvalue weighted by atomic mass is 9.35. The maximum Gasteiger partial charge on any atom is 0.297 e. The van der Waals surface area contributed by atoms with Gasteiger partial charge in [-0.1, -0.05) is 172 Å². The maximum absolute atomic E-state index is 7.50. The van der Waals surface area contributed by atoms with Crippen LogP contribution in [0.25, 0.3) is 22.1 Å². The van der Waals surface area contributed by atoms with Crippen molar-refractivity contribution in [3.63, 3.8) is 0 Å². The third-order valence-electron chi connectivity index (χ3n) is 16.2. The highest BCUT2D eigenvalue weighted by Gasteiger charge is 2.49. The Morgan fingerprint density at radius 3 is 1.67 bits per heavy atom. The number of furan rings is 1. The Morgan fingerprint density at radius 1 is 0.514 bits per heavy atom. The lowest BCUT2D eigenvalue weighted by Crippen LogP contribution is -2.61. The van der Waals surface area contributed by atoms with Gasteiger partial charge >= 0.3 is 0 Å². The van der Waals surface area contributed by atoms with Crippen molar-refractivity contribution in [2.75, 3.05) is 14.7 Å². The monoisotopic (exact) mass is 940 g/mol. The molecule has 5 heteroatoms. The lowest BCUT2D eigenvalue weighted by Gasteiger charge is -2.47. The molecular formula is C67H66BN3O. The summed E-state index contributed by atoms with van der Waals surface area (Å²) in [6, 6.07) is 66.2. The molecule has 4 nitrogen and oxygen atoms in total. The molecule has 12 rings (SSSR count). The second-order valence-corrected chi connectivity index (χ2v) is 24.2. The Hall–Kier alpha value is -7.24. The number of hydrogen-bond donors (Lipinski definition) is 0. The van der Waals surface area contributed by atoms with Crippen molar-refractivity contribution in [1.29, 1.82) is 0 Å². The minimum absolute atomic E-state index is 0.00138. The number of anilines is 9. The average Bonchev–Trinajstić information content (AvgIpc) is 3.73. The molecule has 1 aromatic heterocycles. The van der Waals surface area contributed by atoms with Crippen molar-refractivity contribution in [2.24, 2.45) is 0 Å². The average molecular weight is 940 g/mol. The first-order valence-electron chi connectivity index (χ1n) is 26.1. The number of benzene rings is 8. The third kappa shape index (κ3) is 7.41. The van der Waals surface area contributed by atoms with E-state index < -0.39 is 0 Å². The molecule has 0 atom stereocenters. The summed E-state index contributed by atoms with van der Waals surface area (Å²) < 4.78 is 7.50. The smallest absolute Gasteiger partial charge is 0.297 e. The highest BCUT2D eigenvalue weighted by Crippen LogP contribution is 2.54. The van der Waals surface area contributed by atoms with E-state index in [9.17, 15) is 0 Å². The molecule has 0 spiro atoms. The summed E-state index contributed by atoms with van der Waals surface area (Å²) >= 11 is 0. The minimum Gasteiger partial charge on any atom is -0.468 e. The third-order valence-corrected chi connectivity index (χ3v) is 16.2. The van der Waals surface area contributed by atoms with Crippen molar-refractivity contribution >= 4 is 85.5 Å². The fraction of sp³-hybridized carbons (Fsp3) is 0.254. The van der Waals surface area contributed by atoms with Crippen LogP contribution in [0.5, 0.6) is 0 Å². The molecular weight excluding hydrogens is 874 g/mol. The normalized spacial score (nSPS) is 15.5.